The fourth-order valence-corrected chi connectivity index (χ4v) is 2.97. The van der Waals surface area contributed by atoms with E-state index in [1.54, 1.807) is 19.4 Å². The van der Waals surface area contributed by atoms with Crippen LogP contribution in [0.5, 0.6) is 5.75 Å². The summed E-state index contributed by atoms with van der Waals surface area (Å²) in [5, 5.41) is 2.64. The second-order valence-corrected chi connectivity index (χ2v) is 6.60. The molecule has 0 aliphatic carbocycles. The third-order valence-electron chi connectivity index (χ3n) is 4.53. The van der Waals surface area contributed by atoms with Crippen molar-refractivity contribution in [2.24, 2.45) is 0 Å². The summed E-state index contributed by atoms with van der Waals surface area (Å²) in [5.74, 6) is 1.45. The number of benzene rings is 2. The van der Waals surface area contributed by atoms with E-state index in [1.165, 1.54) is 12.1 Å². The standard InChI is InChI=1S/C22H21F3N2O3/c1-29-17-8-6-16(7-9-17)19-14-27-21(30-19)11-10-20(28)26-13-12-15-4-2-3-5-18(15)22(23,24)25/h2-9,14H,10-13H2,1H3,(H,26,28). The predicted molar refractivity (Wildman–Crippen MR) is 105 cm³/mol. The van der Waals surface area contributed by atoms with Crippen molar-refractivity contribution in [3.63, 3.8) is 0 Å². The molecule has 30 heavy (non-hydrogen) atoms. The van der Waals surface area contributed by atoms with Crippen LogP contribution in [0.1, 0.15) is 23.4 Å². The summed E-state index contributed by atoms with van der Waals surface area (Å²) in [4.78, 5) is 16.2. The van der Waals surface area contributed by atoms with E-state index >= 15 is 0 Å². The van der Waals surface area contributed by atoms with Crippen LogP contribution in [0.15, 0.2) is 59.1 Å². The minimum Gasteiger partial charge on any atom is -0.497 e. The molecule has 3 rings (SSSR count). The number of oxazole rings is 1. The van der Waals surface area contributed by atoms with E-state index in [1.807, 2.05) is 24.3 Å². The first-order chi connectivity index (χ1) is 14.4. The molecule has 0 aliphatic heterocycles. The lowest BCUT2D eigenvalue weighted by molar-refractivity contribution is -0.138. The molecule has 158 valence electrons. The fraction of sp³-hybridized carbons (Fsp3) is 0.273. The number of hydrogen-bond donors (Lipinski definition) is 1. The molecule has 0 spiro atoms. The van der Waals surface area contributed by atoms with Crippen LogP contribution in [0.2, 0.25) is 0 Å². The molecule has 0 atom stereocenters. The Labute approximate surface area is 171 Å². The van der Waals surface area contributed by atoms with Gasteiger partial charge < -0.3 is 14.5 Å². The topological polar surface area (TPSA) is 64.4 Å². The van der Waals surface area contributed by atoms with Crippen LogP contribution in [0.4, 0.5) is 13.2 Å². The van der Waals surface area contributed by atoms with Gasteiger partial charge in [-0.2, -0.15) is 13.2 Å². The lowest BCUT2D eigenvalue weighted by Gasteiger charge is -2.12. The van der Waals surface area contributed by atoms with E-state index in [0.29, 0.717) is 18.1 Å². The van der Waals surface area contributed by atoms with Crippen LogP contribution >= 0.6 is 0 Å². The number of methoxy groups -OCH3 is 1. The first kappa shape index (κ1) is 21.4. The van der Waals surface area contributed by atoms with Crippen molar-refractivity contribution in [1.82, 2.24) is 10.3 Å². The average molecular weight is 418 g/mol. The number of carbonyl (C=O) groups excluding carboxylic acids is 1. The molecule has 1 heterocycles. The number of amides is 1. The zero-order valence-electron chi connectivity index (χ0n) is 16.3. The summed E-state index contributed by atoms with van der Waals surface area (Å²) in [7, 11) is 1.59. The van der Waals surface area contributed by atoms with Crippen LogP contribution in [0.25, 0.3) is 11.3 Å². The van der Waals surface area contributed by atoms with Gasteiger partial charge in [0.1, 0.15) is 5.75 Å². The monoisotopic (exact) mass is 418 g/mol. The van der Waals surface area contributed by atoms with E-state index in [2.05, 4.69) is 10.3 Å². The van der Waals surface area contributed by atoms with Crippen molar-refractivity contribution in [2.45, 2.75) is 25.4 Å². The minimum atomic E-state index is -4.41. The summed E-state index contributed by atoms with van der Waals surface area (Å²) in [6.45, 7) is 0.120. The van der Waals surface area contributed by atoms with Gasteiger partial charge in [0.25, 0.3) is 0 Å². The summed E-state index contributed by atoms with van der Waals surface area (Å²) >= 11 is 0. The maximum Gasteiger partial charge on any atom is 0.416 e. The second-order valence-electron chi connectivity index (χ2n) is 6.60. The minimum absolute atomic E-state index is 0.0992. The number of halogens is 3. The molecule has 0 fully saturated rings. The SMILES string of the molecule is COc1ccc(-c2cnc(CCC(=O)NCCc3ccccc3C(F)(F)F)o2)cc1. The number of alkyl halides is 3. The maximum absolute atomic E-state index is 13.0. The number of aromatic nitrogens is 1. The number of nitrogens with one attached hydrogen (secondary N) is 1. The fourth-order valence-electron chi connectivity index (χ4n) is 2.97. The maximum atomic E-state index is 13.0. The summed E-state index contributed by atoms with van der Waals surface area (Å²) in [6, 6.07) is 12.7. The van der Waals surface area contributed by atoms with E-state index in [0.717, 1.165) is 17.4 Å². The lowest BCUT2D eigenvalue weighted by Crippen LogP contribution is -2.26. The molecule has 1 N–H and O–H groups in total. The van der Waals surface area contributed by atoms with Crippen molar-refractivity contribution < 1.29 is 27.1 Å². The van der Waals surface area contributed by atoms with Gasteiger partial charge in [-0.1, -0.05) is 18.2 Å². The Kier molecular flexibility index (Phi) is 6.76. The summed E-state index contributed by atoms with van der Waals surface area (Å²) in [6.07, 6.45) is -2.30. The van der Waals surface area contributed by atoms with Gasteiger partial charge in [-0.15, -0.1) is 0 Å². The molecule has 5 nitrogen and oxygen atoms in total. The first-order valence-electron chi connectivity index (χ1n) is 9.38. The van der Waals surface area contributed by atoms with Gasteiger partial charge >= 0.3 is 6.18 Å². The van der Waals surface area contributed by atoms with Gasteiger partial charge in [0, 0.05) is 24.9 Å². The molecule has 8 heteroatoms. The first-order valence-corrected chi connectivity index (χ1v) is 9.38. The Balaban J connectivity index is 1.47. The molecule has 0 unspecified atom stereocenters. The van der Waals surface area contributed by atoms with Gasteiger partial charge in [0.2, 0.25) is 5.91 Å². The van der Waals surface area contributed by atoms with E-state index < -0.39 is 11.7 Å². The lowest BCUT2D eigenvalue weighted by atomic mass is 10.0. The van der Waals surface area contributed by atoms with Crippen LogP contribution < -0.4 is 10.1 Å². The van der Waals surface area contributed by atoms with Gasteiger partial charge in [-0.05, 0) is 42.3 Å². The number of nitrogens with zero attached hydrogens (tertiary/aromatic N) is 1. The van der Waals surface area contributed by atoms with E-state index in [-0.39, 0.29) is 30.9 Å². The molecular formula is C22H21F3N2O3. The quantitative estimate of drug-likeness (QED) is 0.578. The highest BCUT2D eigenvalue weighted by atomic mass is 19.4. The van der Waals surface area contributed by atoms with Crippen LogP contribution in [0, 0.1) is 0 Å². The highest BCUT2D eigenvalue weighted by Crippen LogP contribution is 2.31. The Bertz CT molecular complexity index is 982. The molecule has 0 saturated carbocycles. The van der Waals surface area contributed by atoms with Crippen molar-refractivity contribution in [3.05, 3.63) is 71.7 Å². The van der Waals surface area contributed by atoms with Gasteiger partial charge in [0.05, 0.1) is 18.9 Å². The largest absolute Gasteiger partial charge is 0.497 e. The molecule has 1 amide bonds. The average Bonchev–Trinajstić information content (AvgIpc) is 3.21. The molecule has 0 saturated heterocycles. The number of aryl methyl sites for hydroxylation is 1. The molecule has 3 aromatic rings. The normalized spacial score (nSPS) is 11.3. The van der Waals surface area contributed by atoms with Crippen molar-refractivity contribution in [2.75, 3.05) is 13.7 Å². The number of carbonyl (C=O) groups is 1. The molecule has 0 aliphatic rings. The van der Waals surface area contributed by atoms with E-state index in [9.17, 15) is 18.0 Å². The smallest absolute Gasteiger partial charge is 0.416 e. The summed E-state index contributed by atoms with van der Waals surface area (Å²) in [5.41, 5.74) is 0.314. The third kappa shape index (κ3) is 5.62. The Morgan fingerprint density at radius 2 is 1.83 bits per heavy atom. The molecule has 0 radical (unpaired) electrons. The van der Waals surface area contributed by atoms with Crippen LogP contribution in [-0.2, 0) is 23.8 Å². The molecule has 2 aromatic carbocycles. The molecule has 0 bridgehead atoms. The highest BCUT2D eigenvalue weighted by molar-refractivity contribution is 5.76. The number of hydrogen-bond acceptors (Lipinski definition) is 4. The van der Waals surface area contributed by atoms with Gasteiger partial charge in [-0.3, -0.25) is 4.79 Å². The van der Waals surface area contributed by atoms with Crippen molar-refractivity contribution in [3.8, 4) is 17.1 Å². The van der Waals surface area contributed by atoms with Crippen LogP contribution in [-0.4, -0.2) is 24.5 Å². The Morgan fingerprint density at radius 3 is 2.53 bits per heavy atom. The van der Waals surface area contributed by atoms with Gasteiger partial charge in [-0.25, -0.2) is 4.98 Å². The van der Waals surface area contributed by atoms with Gasteiger partial charge in [0.15, 0.2) is 11.7 Å². The molecule has 1 aromatic heterocycles. The van der Waals surface area contributed by atoms with Crippen molar-refractivity contribution >= 4 is 5.91 Å². The zero-order valence-corrected chi connectivity index (χ0v) is 16.3. The van der Waals surface area contributed by atoms with Crippen molar-refractivity contribution in [1.29, 1.82) is 0 Å². The second kappa shape index (κ2) is 9.47. The zero-order chi connectivity index (χ0) is 21.6. The molecular weight excluding hydrogens is 397 g/mol. The Morgan fingerprint density at radius 1 is 1.10 bits per heavy atom. The van der Waals surface area contributed by atoms with Crippen LogP contribution in [0.3, 0.4) is 0 Å². The third-order valence-corrected chi connectivity index (χ3v) is 4.53. The van der Waals surface area contributed by atoms with E-state index in [4.69, 9.17) is 9.15 Å². The highest BCUT2D eigenvalue weighted by Gasteiger charge is 2.32. The number of rotatable bonds is 8. The predicted octanol–water partition coefficient (Wildman–Crippen LogP) is 4.66. The summed E-state index contributed by atoms with van der Waals surface area (Å²) < 4.78 is 49.8. The Hall–Kier alpha value is -3.29. The number of ether oxygens (including phenoxy) is 1.